The van der Waals surface area contributed by atoms with Crippen LogP contribution in [-0.2, 0) is 10.9 Å². The summed E-state index contributed by atoms with van der Waals surface area (Å²) in [7, 11) is -5.66. The molecule has 2 unspecified atom stereocenters. The Morgan fingerprint density at radius 2 is 1.46 bits per heavy atom. The fourth-order valence-electron chi connectivity index (χ4n) is 3.60. The third kappa shape index (κ3) is 4.91. The van der Waals surface area contributed by atoms with Crippen LogP contribution < -0.4 is 0 Å². The second kappa shape index (κ2) is 8.20. The molecule has 0 saturated heterocycles. The van der Waals surface area contributed by atoms with Crippen molar-refractivity contribution in [3.8, 4) is 0 Å². The summed E-state index contributed by atoms with van der Waals surface area (Å²) in [4.78, 5) is 1.57. The molecule has 28 heavy (non-hydrogen) atoms. The predicted molar refractivity (Wildman–Crippen MR) is 112 cm³/mol. The van der Waals surface area contributed by atoms with Crippen molar-refractivity contribution in [1.82, 2.24) is 0 Å². The zero-order valence-corrected chi connectivity index (χ0v) is 17.0. The Hall–Kier alpha value is -1.95. The van der Waals surface area contributed by atoms with E-state index < -0.39 is 7.25 Å². The SMILES string of the molecule is CC1=C(C)C[S+]2c3ccccc3C(c3ccc(C)cc3)=CC2C1.F[B-](F)(F)F. The number of rotatable bonds is 1. The lowest BCUT2D eigenvalue weighted by Crippen LogP contribution is -2.32. The minimum absolute atomic E-state index is 0.339. The van der Waals surface area contributed by atoms with Crippen LogP contribution in [0.25, 0.3) is 5.57 Å². The van der Waals surface area contributed by atoms with E-state index in [0.29, 0.717) is 16.1 Å². The molecule has 0 N–H and O–H groups in total. The van der Waals surface area contributed by atoms with E-state index in [4.69, 9.17) is 0 Å². The first-order valence-electron chi connectivity index (χ1n) is 9.24. The molecule has 0 aliphatic carbocycles. The summed E-state index contributed by atoms with van der Waals surface area (Å²) in [6.45, 7) is 6.79. The standard InChI is InChI=1S/C22H23S.BF4/c1-15-8-10-18(11-9-15)21-13-19-12-16(2)17(3)14-23(19)22-7-5-4-6-20(21)22;2-1(3,4)5/h4-11,13,19H,12,14H2,1-3H3;/q+1;-1. The van der Waals surface area contributed by atoms with Gasteiger partial charge in [-0.15, -0.1) is 0 Å². The summed E-state index contributed by atoms with van der Waals surface area (Å²) in [5, 5.41) is 0.671. The molecule has 0 fully saturated rings. The molecule has 0 bridgehead atoms. The van der Waals surface area contributed by atoms with Gasteiger partial charge in [-0.05, 0) is 55.7 Å². The highest BCUT2D eigenvalue weighted by Gasteiger charge is 2.41. The van der Waals surface area contributed by atoms with Gasteiger partial charge in [0.25, 0.3) is 0 Å². The van der Waals surface area contributed by atoms with Gasteiger partial charge < -0.3 is 17.3 Å². The van der Waals surface area contributed by atoms with Gasteiger partial charge in [0.1, 0.15) is 11.0 Å². The zero-order valence-electron chi connectivity index (χ0n) is 16.2. The van der Waals surface area contributed by atoms with Crippen molar-refractivity contribution in [1.29, 1.82) is 0 Å². The van der Waals surface area contributed by atoms with Crippen LogP contribution >= 0.6 is 0 Å². The Kier molecular flexibility index (Phi) is 6.08. The largest absolute Gasteiger partial charge is 0.673 e. The summed E-state index contributed by atoms with van der Waals surface area (Å²) < 4.78 is 39.0. The molecule has 2 aliphatic heterocycles. The smallest absolute Gasteiger partial charge is 0.418 e. The highest BCUT2D eigenvalue weighted by molar-refractivity contribution is 7.98. The summed E-state index contributed by atoms with van der Waals surface area (Å²) in [5.41, 5.74) is 8.76. The van der Waals surface area contributed by atoms with Crippen LogP contribution in [0, 0.1) is 6.92 Å². The summed E-state index contributed by atoms with van der Waals surface area (Å²) in [6.07, 6.45) is 3.78. The van der Waals surface area contributed by atoms with Gasteiger partial charge in [-0.1, -0.05) is 47.5 Å². The van der Waals surface area contributed by atoms with E-state index in [2.05, 4.69) is 75.4 Å². The number of benzene rings is 2. The van der Waals surface area contributed by atoms with Crippen molar-refractivity contribution in [2.45, 2.75) is 37.3 Å². The number of hydrogen-bond acceptors (Lipinski definition) is 0. The third-order valence-electron chi connectivity index (χ3n) is 5.15. The quantitative estimate of drug-likeness (QED) is 0.211. The van der Waals surface area contributed by atoms with E-state index >= 15 is 0 Å². The Balaban J connectivity index is 0.000000403. The molecule has 0 saturated carbocycles. The Labute approximate surface area is 166 Å². The number of hydrogen-bond donors (Lipinski definition) is 0. The second-order valence-corrected chi connectivity index (χ2v) is 9.51. The molecule has 148 valence electrons. The number of fused-ring (bicyclic) bond motifs is 3. The molecule has 0 spiro atoms. The summed E-state index contributed by atoms with van der Waals surface area (Å²) in [6, 6.07) is 18.1. The van der Waals surface area contributed by atoms with Crippen LogP contribution in [0.5, 0.6) is 0 Å². The molecule has 2 aromatic rings. The van der Waals surface area contributed by atoms with Gasteiger partial charge in [-0.2, -0.15) is 0 Å². The van der Waals surface area contributed by atoms with E-state index in [1.807, 2.05) is 0 Å². The van der Waals surface area contributed by atoms with Gasteiger partial charge in [-0.3, -0.25) is 0 Å². The Morgan fingerprint density at radius 1 is 0.857 bits per heavy atom. The van der Waals surface area contributed by atoms with Crippen molar-refractivity contribution in [3.63, 3.8) is 0 Å². The molecule has 0 amide bonds. The van der Waals surface area contributed by atoms with Crippen LogP contribution in [-0.4, -0.2) is 18.3 Å². The molecule has 2 aliphatic rings. The van der Waals surface area contributed by atoms with Crippen LogP contribution in [0.2, 0.25) is 0 Å². The van der Waals surface area contributed by atoms with E-state index in [1.165, 1.54) is 34.4 Å². The van der Waals surface area contributed by atoms with Gasteiger partial charge in [0, 0.05) is 22.9 Å². The van der Waals surface area contributed by atoms with Crippen molar-refractivity contribution in [3.05, 3.63) is 82.4 Å². The molecule has 4 rings (SSSR count). The first kappa shape index (κ1) is 20.8. The fraction of sp³-hybridized carbons (Fsp3) is 0.273. The average Bonchev–Trinajstić information content (AvgIpc) is 2.62. The van der Waals surface area contributed by atoms with Crippen molar-refractivity contribution in [2.24, 2.45) is 0 Å². The lowest BCUT2D eigenvalue weighted by Gasteiger charge is -2.29. The van der Waals surface area contributed by atoms with E-state index in [1.54, 1.807) is 16.0 Å². The Bertz CT molecular complexity index is 907. The monoisotopic (exact) mass is 406 g/mol. The predicted octanol–water partition coefficient (Wildman–Crippen LogP) is 6.83. The second-order valence-electron chi connectivity index (χ2n) is 7.31. The highest BCUT2D eigenvalue weighted by Crippen LogP contribution is 2.42. The summed E-state index contributed by atoms with van der Waals surface area (Å²) in [5.74, 6) is 1.24. The van der Waals surface area contributed by atoms with Crippen LogP contribution in [0.3, 0.4) is 0 Å². The van der Waals surface area contributed by atoms with Crippen LogP contribution in [0.4, 0.5) is 17.3 Å². The molecule has 0 aromatic heterocycles. The lowest BCUT2D eigenvalue weighted by molar-refractivity contribution is 0.368. The molecule has 2 heterocycles. The van der Waals surface area contributed by atoms with Crippen molar-refractivity contribution < 1.29 is 17.3 Å². The Morgan fingerprint density at radius 3 is 2.11 bits per heavy atom. The van der Waals surface area contributed by atoms with Gasteiger partial charge in [0.05, 0.1) is 0 Å². The molecule has 0 radical (unpaired) electrons. The normalized spacial score (nSPS) is 21.2. The average molecular weight is 406 g/mol. The maximum atomic E-state index is 9.75. The maximum Gasteiger partial charge on any atom is 0.673 e. The van der Waals surface area contributed by atoms with E-state index in [0.717, 1.165) is 0 Å². The zero-order chi connectivity index (χ0) is 20.5. The first-order chi connectivity index (χ1) is 13.1. The minimum Gasteiger partial charge on any atom is -0.418 e. The number of halogens is 4. The van der Waals surface area contributed by atoms with E-state index in [-0.39, 0.29) is 0 Å². The molecular weight excluding hydrogens is 383 g/mol. The van der Waals surface area contributed by atoms with Gasteiger partial charge in [0.2, 0.25) is 0 Å². The van der Waals surface area contributed by atoms with Gasteiger partial charge in [0.15, 0.2) is 4.90 Å². The maximum absolute atomic E-state index is 9.75. The van der Waals surface area contributed by atoms with E-state index in [9.17, 15) is 17.3 Å². The van der Waals surface area contributed by atoms with Crippen LogP contribution in [0.1, 0.15) is 37.0 Å². The fourth-order valence-corrected chi connectivity index (χ4v) is 6.47. The van der Waals surface area contributed by atoms with Crippen LogP contribution in [0.15, 0.2) is 70.6 Å². The van der Waals surface area contributed by atoms with Gasteiger partial charge in [-0.25, -0.2) is 0 Å². The minimum atomic E-state index is -6.00. The molecule has 2 aromatic carbocycles. The molecule has 0 nitrogen and oxygen atoms in total. The highest BCUT2D eigenvalue weighted by atomic mass is 32.2. The number of aryl methyl sites for hydroxylation is 1. The topological polar surface area (TPSA) is 0 Å². The molecular formula is C22H23BF4S. The van der Waals surface area contributed by atoms with Gasteiger partial charge >= 0.3 is 7.25 Å². The first-order valence-corrected chi connectivity index (χ1v) is 10.7. The van der Waals surface area contributed by atoms with Crippen molar-refractivity contribution in [2.75, 3.05) is 5.75 Å². The number of allylic oxidation sites excluding steroid dienone is 1. The van der Waals surface area contributed by atoms with Crippen molar-refractivity contribution >= 4 is 23.7 Å². The third-order valence-corrected chi connectivity index (χ3v) is 7.85. The summed E-state index contributed by atoms with van der Waals surface area (Å²) >= 11 is 0. The lowest BCUT2D eigenvalue weighted by atomic mass is 9.94. The molecule has 6 heteroatoms. The molecule has 2 atom stereocenters.